The normalized spacial score (nSPS) is 13.7. The van der Waals surface area contributed by atoms with E-state index in [0.29, 0.717) is 25.7 Å². The van der Waals surface area contributed by atoms with Gasteiger partial charge in [-0.15, -0.1) is 0 Å². The second-order valence-electron chi connectivity index (χ2n) is 7.56. The molecule has 0 fully saturated rings. The summed E-state index contributed by atoms with van der Waals surface area (Å²) in [7, 11) is 2.01. The molecule has 0 saturated heterocycles. The van der Waals surface area contributed by atoms with Gasteiger partial charge in [0, 0.05) is 19.3 Å². The van der Waals surface area contributed by atoms with Gasteiger partial charge < -0.3 is 15.0 Å². The quantitative estimate of drug-likeness (QED) is 0.621. The largest absolute Gasteiger partial charge is 0.477 e. The van der Waals surface area contributed by atoms with E-state index in [1.807, 2.05) is 43.8 Å². The number of amidine groups is 1. The van der Waals surface area contributed by atoms with Crippen molar-refractivity contribution in [2.24, 2.45) is 5.10 Å². The van der Waals surface area contributed by atoms with Gasteiger partial charge in [0.2, 0.25) is 5.88 Å². The summed E-state index contributed by atoms with van der Waals surface area (Å²) in [6.07, 6.45) is 1.73. The number of rotatable bonds is 7. The average molecular weight is 409 g/mol. The molecule has 158 valence electrons. The van der Waals surface area contributed by atoms with Crippen molar-refractivity contribution < 1.29 is 4.74 Å². The van der Waals surface area contributed by atoms with Crippen LogP contribution in [0.15, 0.2) is 29.5 Å². The first kappa shape index (κ1) is 19.9. The average Bonchev–Trinajstić information content (AvgIpc) is 3.30. The van der Waals surface area contributed by atoms with Crippen molar-refractivity contribution in [2.75, 3.05) is 32.2 Å². The molecule has 0 spiro atoms. The van der Waals surface area contributed by atoms with E-state index in [2.05, 4.69) is 39.6 Å². The van der Waals surface area contributed by atoms with Gasteiger partial charge in [-0.3, -0.25) is 10.1 Å². The summed E-state index contributed by atoms with van der Waals surface area (Å²) in [5.41, 5.74) is 8.37. The summed E-state index contributed by atoms with van der Waals surface area (Å²) in [5.74, 6) is 1.53. The van der Waals surface area contributed by atoms with Crippen LogP contribution in [0.1, 0.15) is 32.5 Å². The third kappa shape index (κ3) is 3.62. The lowest BCUT2D eigenvalue weighted by Crippen LogP contribution is -2.29. The fraction of sp³-hybridized carbons (Fsp3) is 0.429. The highest BCUT2D eigenvalue weighted by atomic mass is 16.5. The Hall–Kier alpha value is -3.36. The van der Waals surface area contributed by atoms with E-state index in [0.717, 1.165) is 39.5 Å². The van der Waals surface area contributed by atoms with E-state index in [-0.39, 0.29) is 6.04 Å². The van der Waals surface area contributed by atoms with Crippen LogP contribution in [-0.2, 0) is 0 Å². The molecule has 30 heavy (non-hydrogen) atoms. The third-order valence-electron chi connectivity index (χ3n) is 5.03. The molecule has 9 nitrogen and oxygen atoms in total. The minimum atomic E-state index is 0.208. The van der Waals surface area contributed by atoms with E-state index in [4.69, 9.17) is 14.8 Å². The number of hydrogen-bond donors (Lipinski definition) is 2. The van der Waals surface area contributed by atoms with Gasteiger partial charge in [-0.25, -0.2) is 9.97 Å². The number of nitrogens with zero attached hydrogens (tertiary/aromatic N) is 6. The third-order valence-corrected chi connectivity index (χ3v) is 5.03. The zero-order valence-corrected chi connectivity index (χ0v) is 18.1. The monoisotopic (exact) mass is 408 g/mol. The molecule has 0 amide bonds. The molecule has 0 saturated carbocycles. The number of hydrazone groups is 1. The zero-order chi connectivity index (χ0) is 21.3. The van der Waals surface area contributed by atoms with Crippen molar-refractivity contribution in [3.05, 3.63) is 30.1 Å². The van der Waals surface area contributed by atoms with Crippen molar-refractivity contribution in [1.82, 2.24) is 30.1 Å². The number of hydrogen-bond acceptors (Lipinski definition) is 8. The maximum atomic E-state index is 5.75. The first-order valence-corrected chi connectivity index (χ1v) is 10.2. The molecule has 0 aliphatic carbocycles. The fourth-order valence-corrected chi connectivity index (χ4v) is 3.52. The van der Waals surface area contributed by atoms with Crippen LogP contribution in [-0.4, -0.2) is 57.4 Å². The Morgan fingerprint density at radius 3 is 2.87 bits per heavy atom. The molecule has 4 heterocycles. The van der Waals surface area contributed by atoms with Crippen LogP contribution in [0, 0.1) is 6.92 Å². The molecule has 2 N–H and O–H groups in total. The predicted octanol–water partition coefficient (Wildman–Crippen LogP) is 3.00. The van der Waals surface area contributed by atoms with Crippen molar-refractivity contribution in [2.45, 2.75) is 33.7 Å². The molecule has 9 heteroatoms. The summed E-state index contributed by atoms with van der Waals surface area (Å²) in [6, 6.07) is 6.14. The van der Waals surface area contributed by atoms with E-state index in [1.165, 1.54) is 0 Å². The lowest BCUT2D eigenvalue weighted by molar-refractivity contribution is 0.328. The Bertz CT molecular complexity index is 1090. The lowest BCUT2D eigenvalue weighted by atomic mass is 10.1. The molecule has 1 aliphatic rings. The number of fused-ring (bicyclic) bond motifs is 1. The van der Waals surface area contributed by atoms with Gasteiger partial charge in [0.25, 0.3) is 0 Å². The first-order valence-electron chi connectivity index (χ1n) is 10.2. The van der Waals surface area contributed by atoms with Gasteiger partial charge in [0.1, 0.15) is 23.5 Å². The SMILES string of the molecule is CCOc1ncccc1-c1cc(NCC2=NNCN2C)c2c(n1)c(C)nn2C(C)C. The number of anilines is 1. The molecule has 3 aromatic heterocycles. The number of likely N-dealkylation sites (N-methyl/N-ethyl adjacent to an activating group) is 1. The maximum absolute atomic E-state index is 5.75. The zero-order valence-electron chi connectivity index (χ0n) is 18.1. The molecule has 0 radical (unpaired) electrons. The predicted molar refractivity (Wildman–Crippen MR) is 119 cm³/mol. The molecule has 0 unspecified atom stereocenters. The molecule has 4 rings (SSSR count). The molecular weight excluding hydrogens is 380 g/mol. The second-order valence-corrected chi connectivity index (χ2v) is 7.56. The maximum Gasteiger partial charge on any atom is 0.222 e. The van der Waals surface area contributed by atoms with Gasteiger partial charge >= 0.3 is 0 Å². The number of aryl methyl sites for hydroxylation is 1. The van der Waals surface area contributed by atoms with Crippen LogP contribution >= 0.6 is 0 Å². The molecule has 0 bridgehead atoms. The summed E-state index contributed by atoms with van der Waals surface area (Å²) < 4.78 is 7.77. The Morgan fingerprint density at radius 1 is 1.33 bits per heavy atom. The van der Waals surface area contributed by atoms with Crippen LogP contribution < -0.4 is 15.5 Å². The Morgan fingerprint density at radius 2 is 2.17 bits per heavy atom. The van der Waals surface area contributed by atoms with Crippen LogP contribution in [0.25, 0.3) is 22.3 Å². The van der Waals surface area contributed by atoms with Gasteiger partial charge in [-0.05, 0) is 45.9 Å². The number of ether oxygens (including phenoxy) is 1. The van der Waals surface area contributed by atoms with Gasteiger partial charge in [-0.2, -0.15) is 10.2 Å². The number of nitrogens with one attached hydrogen (secondary N) is 2. The summed E-state index contributed by atoms with van der Waals surface area (Å²) in [4.78, 5) is 11.4. The summed E-state index contributed by atoms with van der Waals surface area (Å²) >= 11 is 0. The van der Waals surface area contributed by atoms with Gasteiger partial charge in [-0.1, -0.05) is 0 Å². The van der Waals surface area contributed by atoms with Crippen molar-refractivity contribution in [3.8, 4) is 17.1 Å². The molecule has 0 aromatic carbocycles. The van der Waals surface area contributed by atoms with Crippen LogP contribution in [0.3, 0.4) is 0 Å². The first-order chi connectivity index (χ1) is 14.5. The molecule has 1 aliphatic heterocycles. The Labute approximate surface area is 176 Å². The number of aromatic nitrogens is 4. The highest BCUT2D eigenvalue weighted by molar-refractivity contribution is 5.95. The van der Waals surface area contributed by atoms with E-state index in [1.54, 1.807) is 6.20 Å². The lowest BCUT2D eigenvalue weighted by Gasteiger charge is -2.17. The minimum absolute atomic E-state index is 0.208. The number of pyridine rings is 2. The minimum Gasteiger partial charge on any atom is -0.477 e. The summed E-state index contributed by atoms with van der Waals surface area (Å²) in [6.45, 7) is 10.0. The van der Waals surface area contributed by atoms with Gasteiger partial charge in [0.05, 0.1) is 35.8 Å². The second kappa shape index (κ2) is 8.17. The van der Waals surface area contributed by atoms with Crippen molar-refractivity contribution in [3.63, 3.8) is 0 Å². The fourth-order valence-electron chi connectivity index (χ4n) is 3.52. The van der Waals surface area contributed by atoms with Crippen LogP contribution in [0.2, 0.25) is 0 Å². The highest BCUT2D eigenvalue weighted by Crippen LogP contribution is 2.34. The Kier molecular flexibility index (Phi) is 5.43. The standard InChI is InChI=1S/C21H28N8O/c1-6-30-21-15(8-7-9-22-21)16-10-17(23-11-18-26-24-12-28(18)5)20-19(25-16)14(4)27-29(20)13(2)3/h7-10,13,24H,6,11-12H2,1-5H3,(H,23,25). The molecule has 3 aromatic rings. The van der Waals surface area contributed by atoms with E-state index in [9.17, 15) is 0 Å². The van der Waals surface area contributed by atoms with Crippen molar-refractivity contribution >= 4 is 22.6 Å². The topological polar surface area (TPSA) is 92.5 Å². The Balaban J connectivity index is 1.84. The molecule has 0 atom stereocenters. The van der Waals surface area contributed by atoms with Crippen molar-refractivity contribution in [1.29, 1.82) is 0 Å². The smallest absolute Gasteiger partial charge is 0.222 e. The van der Waals surface area contributed by atoms with E-state index < -0.39 is 0 Å². The van der Waals surface area contributed by atoms with Gasteiger partial charge in [0.15, 0.2) is 0 Å². The molecular formula is C21H28N8O. The van der Waals surface area contributed by atoms with E-state index >= 15 is 0 Å². The highest BCUT2D eigenvalue weighted by Gasteiger charge is 2.20. The summed E-state index contributed by atoms with van der Waals surface area (Å²) in [5, 5.41) is 12.7. The van der Waals surface area contributed by atoms with Crippen LogP contribution in [0.5, 0.6) is 5.88 Å². The van der Waals surface area contributed by atoms with Crippen LogP contribution in [0.4, 0.5) is 5.69 Å².